The summed E-state index contributed by atoms with van der Waals surface area (Å²) >= 11 is 11.4. The number of ether oxygens (including phenoxy) is 1. The van der Waals surface area contributed by atoms with E-state index in [-0.39, 0.29) is 11.8 Å². The van der Waals surface area contributed by atoms with Crippen LogP contribution < -0.4 is 9.64 Å². The third-order valence-corrected chi connectivity index (χ3v) is 4.11. The first-order valence-corrected chi connectivity index (χ1v) is 8.75. The van der Waals surface area contributed by atoms with Crippen molar-refractivity contribution in [2.45, 2.75) is 12.2 Å². The molecule has 0 saturated heterocycles. The SMILES string of the molecule is OC(CCl)CN(CC(O)CCl)c1ccc(Oc2ccccc2)cc1. The summed E-state index contributed by atoms with van der Waals surface area (Å²) in [5.41, 5.74) is 0.851. The highest BCUT2D eigenvalue weighted by Gasteiger charge is 2.15. The van der Waals surface area contributed by atoms with E-state index < -0.39 is 12.2 Å². The lowest BCUT2D eigenvalue weighted by molar-refractivity contribution is 0.181. The Bertz CT molecular complexity index is 583. The molecule has 0 fully saturated rings. The molecule has 6 heteroatoms. The maximum absolute atomic E-state index is 9.81. The molecule has 2 unspecified atom stereocenters. The fourth-order valence-corrected chi connectivity index (χ4v) is 2.44. The fraction of sp³-hybridized carbons (Fsp3) is 0.333. The molecule has 0 saturated carbocycles. The molecule has 0 aromatic heterocycles. The molecule has 2 rings (SSSR count). The molecule has 0 amide bonds. The summed E-state index contributed by atoms with van der Waals surface area (Å²) in [6.07, 6.45) is -1.37. The predicted molar refractivity (Wildman–Crippen MR) is 98.6 cm³/mol. The lowest BCUT2D eigenvalue weighted by Gasteiger charge is -2.28. The molecule has 0 radical (unpaired) electrons. The van der Waals surface area contributed by atoms with Crippen molar-refractivity contribution < 1.29 is 14.9 Å². The monoisotopic (exact) mass is 369 g/mol. The summed E-state index contributed by atoms with van der Waals surface area (Å²) in [5, 5.41) is 19.6. The summed E-state index contributed by atoms with van der Waals surface area (Å²) in [5.74, 6) is 1.73. The van der Waals surface area contributed by atoms with Gasteiger partial charge in [-0.3, -0.25) is 0 Å². The number of hydrogen-bond donors (Lipinski definition) is 2. The summed E-state index contributed by atoms with van der Waals surface area (Å²) in [4.78, 5) is 1.85. The number of anilines is 1. The van der Waals surface area contributed by atoms with Crippen molar-refractivity contribution >= 4 is 28.9 Å². The van der Waals surface area contributed by atoms with E-state index in [4.69, 9.17) is 27.9 Å². The van der Waals surface area contributed by atoms with E-state index in [9.17, 15) is 10.2 Å². The minimum absolute atomic E-state index is 0.128. The molecular weight excluding hydrogens is 349 g/mol. The Balaban J connectivity index is 2.08. The number of rotatable bonds is 9. The van der Waals surface area contributed by atoms with Crippen molar-refractivity contribution in [2.24, 2.45) is 0 Å². The zero-order chi connectivity index (χ0) is 17.4. The Morgan fingerprint density at radius 2 is 1.29 bits per heavy atom. The van der Waals surface area contributed by atoms with E-state index >= 15 is 0 Å². The van der Waals surface area contributed by atoms with Crippen molar-refractivity contribution in [1.82, 2.24) is 0 Å². The van der Waals surface area contributed by atoms with Crippen molar-refractivity contribution in [3.63, 3.8) is 0 Å². The minimum atomic E-state index is -0.686. The van der Waals surface area contributed by atoms with Gasteiger partial charge in [0.1, 0.15) is 11.5 Å². The largest absolute Gasteiger partial charge is 0.457 e. The van der Waals surface area contributed by atoms with Crippen LogP contribution in [0.4, 0.5) is 5.69 Å². The molecular formula is C18H21Cl2NO3. The third-order valence-electron chi connectivity index (χ3n) is 3.40. The average molecular weight is 370 g/mol. The second-order valence-corrected chi connectivity index (χ2v) is 6.05. The Kier molecular flexibility index (Phi) is 7.66. The van der Waals surface area contributed by atoms with E-state index in [1.54, 1.807) is 0 Å². The summed E-state index contributed by atoms with van der Waals surface area (Å²) in [7, 11) is 0. The van der Waals surface area contributed by atoms with Crippen LogP contribution in [0.25, 0.3) is 0 Å². The molecule has 0 aliphatic rings. The number of hydrogen-bond acceptors (Lipinski definition) is 4. The molecule has 24 heavy (non-hydrogen) atoms. The minimum Gasteiger partial charge on any atom is -0.457 e. The van der Waals surface area contributed by atoms with Gasteiger partial charge in [0.2, 0.25) is 0 Å². The van der Waals surface area contributed by atoms with Crippen LogP contribution in [0.1, 0.15) is 0 Å². The van der Waals surface area contributed by atoms with E-state index in [0.29, 0.717) is 18.8 Å². The van der Waals surface area contributed by atoms with Gasteiger partial charge in [-0.2, -0.15) is 0 Å². The van der Waals surface area contributed by atoms with Crippen LogP contribution in [0.15, 0.2) is 54.6 Å². The van der Waals surface area contributed by atoms with Gasteiger partial charge in [0.15, 0.2) is 0 Å². The molecule has 2 aromatic rings. The molecule has 2 atom stereocenters. The van der Waals surface area contributed by atoms with Crippen LogP contribution in [-0.2, 0) is 0 Å². The molecule has 2 N–H and O–H groups in total. The second-order valence-electron chi connectivity index (χ2n) is 5.43. The number of aliphatic hydroxyl groups is 2. The van der Waals surface area contributed by atoms with Gasteiger partial charge in [0, 0.05) is 18.8 Å². The number of benzene rings is 2. The van der Waals surface area contributed by atoms with Gasteiger partial charge in [0.05, 0.1) is 24.0 Å². The summed E-state index contributed by atoms with van der Waals surface area (Å²) in [6.45, 7) is 0.632. The third kappa shape index (κ3) is 5.87. The smallest absolute Gasteiger partial charge is 0.127 e. The van der Waals surface area contributed by atoms with Crippen molar-refractivity contribution in [3.8, 4) is 11.5 Å². The number of alkyl halides is 2. The van der Waals surface area contributed by atoms with Crippen LogP contribution in [0.3, 0.4) is 0 Å². The lowest BCUT2D eigenvalue weighted by atomic mass is 10.2. The quantitative estimate of drug-likeness (QED) is 0.664. The highest BCUT2D eigenvalue weighted by molar-refractivity contribution is 6.18. The first kappa shape index (κ1) is 18.9. The Morgan fingerprint density at radius 3 is 1.79 bits per heavy atom. The van der Waals surface area contributed by atoms with Crippen LogP contribution >= 0.6 is 23.2 Å². The van der Waals surface area contributed by atoms with E-state index in [1.165, 1.54) is 0 Å². The maximum atomic E-state index is 9.81. The zero-order valence-corrected chi connectivity index (χ0v) is 14.7. The number of para-hydroxylation sites is 1. The molecule has 4 nitrogen and oxygen atoms in total. The van der Waals surface area contributed by atoms with Gasteiger partial charge < -0.3 is 19.8 Å². The molecule has 0 bridgehead atoms. The van der Waals surface area contributed by atoms with Crippen molar-refractivity contribution in [3.05, 3.63) is 54.6 Å². The second kappa shape index (κ2) is 9.74. The van der Waals surface area contributed by atoms with Crippen molar-refractivity contribution in [1.29, 1.82) is 0 Å². The van der Waals surface area contributed by atoms with E-state index in [0.717, 1.165) is 11.4 Å². The molecule has 0 aliphatic carbocycles. The average Bonchev–Trinajstić information content (AvgIpc) is 2.62. The topological polar surface area (TPSA) is 52.9 Å². The molecule has 2 aromatic carbocycles. The maximum Gasteiger partial charge on any atom is 0.127 e. The Labute approximate surface area is 152 Å². The van der Waals surface area contributed by atoms with Crippen molar-refractivity contribution in [2.75, 3.05) is 29.7 Å². The normalized spacial score (nSPS) is 13.3. The van der Waals surface area contributed by atoms with Crippen LogP contribution in [0.5, 0.6) is 11.5 Å². The van der Waals surface area contributed by atoms with Crippen LogP contribution in [-0.4, -0.2) is 47.3 Å². The van der Waals surface area contributed by atoms with Gasteiger partial charge in [-0.25, -0.2) is 0 Å². The van der Waals surface area contributed by atoms with Gasteiger partial charge in [-0.1, -0.05) is 18.2 Å². The molecule has 0 aliphatic heterocycles. The number of aliphatic hydroxyl groups excluding tert-OH is 2. The van der Waals surface area contributed by atoms with Crippen LogP contribution in [0.2, 0.25) is 0 Å². The predicted octanol–water partition coefficient (Wildman–Crippen LogP) is 3.48. The zero-order valence-electron chi connectivity index (χ0n) is 13.2. The van der Waals surface area contributed by atoms with Gasteiger partial charge in [-0.15, -0.1) is 23.2 Å². The molecule has 0 heterocycles. The van der Waals surface area contributed by atoms with E-state index in [2.05, 4.69) is 0 Å². The summed E-state index contributed by atoms with van der Waals surface area (Å²) < 4.78 is 5.76. The van der Waals surface area contributed by atoms with E-state index in [1.807, 2.05) is 59.5 Å². The number of nitrogens with zero attached hydrogens (tertiary/aromatic N) is 1. The van der Waals surface area contributed by atoms with Crippen LogP contribution in [0, 0.1) is 0 Å². The Morgan fingerprint density at radius 1 is 0.792 bits per heavy atom. The van der Waals surface area contributed by atoms with Gasteiger partial charge in [-0.05, 0) is 36.4 Å². The van der Waals surface area contributed by atoms with Gasteiger partial charge in [0.25, 0.3) is 0 Å². The number of halogens is 2. The highest BCUT2D eigenvalue weighted by Crippen LogP contribution is 2.24. The fourth-order valence-electron chi connectivity index (χ4n) is 2.24. The van der Waals surface area contributed by atoms with Gasteiger partial charge >= 0.3 is 0 Å². The Hall–Kier alpha value is -1.46. The highest BCUT2D eigenvalue weighted by atomic mass is 35.5. The molecule has 0 spiro atoms. The lowest BCUT2D eigenvalue weighted by Crippen LogP contribution is -2.39. The first-order chi connectivity index (χ1) is 11.6. The summed E-state index contributed by atoms with van der Waals surface area (Å²) in [6, 6.07) is 16.9. The standard InChI is InChI=1S/C18H21Cl2NO3/c19-10-15(22)12-21(13-16(23)11-20)14-6-8-18(9-7-14)24-17-4-2-1-3-5-17/h1-9,15-16,22-23H,10-13H2. The molecule has 130 valence electrons. The first-order valence-electron chi connectivity index (χ1n) is 7.68.